The van der Waals surface area contributed by atoms with Crippen molar-refractivity contribution in [3.63, 3.8) is 0 Å². The summed E-state index contributed by atoms with van der Waals surface area (Å²) in [5.41, 5.74) is 1.30. The van der Waals surface area contributed by atoms with Gasteiger partial charge in [0.15, 0.2) is 5.78 Å². The zero-order valence-electron chi connectivity index (χ0n) is 25.4. The van der Waals surface area contributed by atoms with Crippen molar-refractivity contribution < 1.29 is 19.4 Å². The van der Waals surface area contributed by atoms with Crippen LogP contribution in [0.2, 0.25) is 0 Å². The summed E-state index contributed by atoms with van der Waals surface area (Å²) >= 11 is 0. The SMILES string of the molecule is CN1C(C)(C)CC(CC(=O)/C(=C\c2ccc(CO)cc2)C(=O)OC2CC(C)(C)N(C)C(C)(C)C2)CC1(C)C. The lowest BCUT2D eigenvalue weighted by molar-refractivity contribution is -0.154. The minimum atomic E-state index is -0.533. The van der Waals surface area contributed by atoms with E-state index in [0.717, 1.165) is 24.0 Å². The number of benzene rings is 1. The quantitative estimate of drug-likeness (QED) is 0.215. The maximum atomic E-state index is 13.8. The van der Waals surface area contributed by atoms with Gasteiger partial charge in [-0.25, -0.2) is 4.79 Å². The molecule has 212 valence electrons. The lowest BCUT2D eigenvalue weighted by atomic mass is 9.72. The van der Waals surface area contributed by atoms with E-state index >= 15 is 0 Å². The van der Waals surface area contributed by atoms with Crippen molar-refractivity contribution in [2.45, 2.75) is 122 Å². The number of carbonyl (C=O) groups is 2. The van der Waals surface area contributed by atoms with Gasteiger partial charge in [0.2, 0.25) is 0 Å². The van der Waals surface area contributed by atoms with Crippen LogP contribution in [0.3, 0.4) is 0 Å². The summed E-state index contributed by atoms with van der Waals surface area (Å²) in [5, 5.41) is 9.41. The Labute approximate surface area is 230 Å². The van der Waals surface area contributed by atoms with Crippen LogP contribution in [0.5, 0.6) is 0 Å². The van der Waals surface area contributed by atoms with Gasteiger partial charge < -0.3 is 9.84 Å². The molecule has 0 bridgehead atoms. The Hall–Kier alpha value is -2.02. The number of hydrogen-bond donors (Lipinski definition) is 1. The van der Waals surface area contributed by atoms with Gasteiger partial charge in [0.05, 0.1) is 6.61 Å². The van der Waals surface area contributed by atoms with Gasteiger partial charge in [0.1, 0.15) is 11.7 Å². The van der Waals surface area contributed by atoms with E-state index < -0.39 is 5.97 Å². The highest BCUT2D eigenvalue weighted by molar-refractivity contribution is 6.20. The lowest BCUT2D eigenvalue weighted by Gasteiger charge is -2.53. The smallest absolute Gasteiger partial charge is 0.342 e. The number of nitrogens with zero attached hydrogens (tertiary/aromatic N) is 2. The van der Waals surface area contributed by atoms with Crippen LogP contribution < -0.4 is 0 Å². The third-order valence-corrected chi connectivity index (χ3v) is 9.40. The van der Waals surface area contributed by atoms with Crippen molar-refractivity contribution in [1.29, 1.82) is 0 Å². The van der Waals surface area contributed by atoms with Crippen molar-refractivity contribution in [3.8, 4) is 0 Å². The summed E-state index contributed by atoms with van der Waals surface area (Å²) in [6.07, 6.45) is 4.93. The van der Waals surface area contributed by atoms with E-state index in [1.807, 2.05) is 24.3 Å². The molecule has 1 aromatic rings. The van der Waals surface area contributed by atoms with Gasteiger partial charge >= 0.3 is 5.97 Å². The summed E-state index contributed by atoms with van der Waals surface area (Å²) in [6, 6.07) is 7.28. The number of piperidine rings is 2. The minimum Gasteiger partial charge on any atom is -0.459 e. The average molecular weight is 527 g/mol. The molecular weight excluding hydrogens is 476 g/mol. The molecule has 0 radical (unpaired) electrons. The summed E-state index contributed by atoms with van der Waals surface area (Å²) in [6.45, 7) is 17.5. The number of carbonyl (C=O) groups excluding carboxylic acids is 2. The molecule has 3 rings (SSSR count). The molecule has 0 unspecified atom stereocenters. The lowest BCUT2D eigenvalue weighted by Crippen LogP contribution is -2.60. The van der Waals surface area contributed by atoms with Crippen LogP contribution >= 0.6 is 0 Å². The van der Waals surface area contributed by atoms with Crippen LogP contribution in [0.1, 0.15) is 98.6 Å². The first kappa shape index (κ1) is 30.5. The Morgan fingerprint density at radius 3 is 1.74 bits per heavy atom. The van der Waals surface area contributed by atoms with Crippen LogP contribution in [0.15, 0.2) is 29.8 Å². The highest BCUT2D eigenvalue weighted by atomic mass is 16.5. The molecule has 6 nitrogen and oxygen atoms in total. The second-order valence-corrected chi connectivity index (χ2v) is 14.2. The van der Waals surface area contributed by atoms with Gasteiger partial charge in [-0.1, -0.05) is 24.3 Å². The molecule has 38 heavy (non-hydrogen) atoms. The Balaban J connectivity index is 1.88. The third kappa shape index (κ3) is 6.75. The average Bonchev–Trinajstić information content (AvgIpc) is 2.78. The number of ketones is 1. The minimum absolute atomic E-state index is 0.0392. The van der Waals surface area contributed by atoms with Crippen LogP contribution in [-0.4, -0.2) is 69.0 Å². The first-order valence-electron chi connectivity index (χ1n) is 14.0. The van der Waals surface area contributed by atoms with E-state index in [-0.39, 0.29) is 52.1 Å². The van der Waals surface area contributed by atoms with E-state index in [2.05, 4.69) is 79.3 Å². The summed E-state index contributed by atoms with van der Waals surface area (Å²) < 4.78 is 6.10. The van der Waals surface area contributed by atoms with Gasteiger partial charge in [-0.05, 0) is 105 Å². The largest absolute Gasteiger partial charge is 0.459 e. The summed E-state index contributed by atoms with van der Waals surface area (Å²) in [7, 11) is 4.27. The Bertz CT molecular complexity index is 958. The maximum absolute atomic E-state index is 13.8. The molecule has 1 N–H and O–H groups in total. The first-order valence-corrected chi connectivity index (χ1v) is 14.0. The van der Waals surface area contributed by atoms with Crippen molar-refractivity contribution >= 4 is 17.8 Å². The fourth-order valence-electron chi connectivity index (χ4n) is 6.81. The Morgan fingerprint density at radius 1 is 0.842 bits per heavy atom. The second kappa shape index (κ2) is 10.9. The van der Waals surface area contributed by atoms with Crippen molar-refractivity contribution in [2.24, 2.45) is 5.92 Å². The zero-order valence-corrected chi connectivity index (χ0v) is 25.4. The Kier molecular flexibility index (Phi) is 8.72. The normalized spacial score (nSPS) is 24.2. The monoisotopic (exact) mass is 526 g/mol. The fraction of sp³-hybridized carbons (Fsp3) is 0.688. The molecule has 2 aliphatic rings. The standard InChI is InChI=1S/C32H50N2O4/c1-29(2)17-24(18-30(3,4)33(29)9)16-27(36)26(15-22-11-13-23(21-35)14-12-22)28(37)38-25-19-31(5,6)34(10)32(7,8)20-25/h11-15,24-25,35H,16-21H2,1-10H3/b26-15+. The predicted octanol–water partition coefficient (Wildman–Crippen LogP) is 5.62. The first-order chi connectivity index (χ1) is 17.4. The van der Waals surface area contributed by atoms with E-state index in [4.69, 9.17) is 4.74 Å². The van der Waals surface area contributed by atoms with Crippen LogP contribution in [0, 0.1) is 5.92 Å². The van der Waals surface area contributed by atoms with Crippen molar-refractivity contribution in [1.82, 2.24) is 9.80 Å². The fourth-order valence-corrected chi connectivity index (χ4v) is 6.81. The molecule has 2 saturated heterocycles. The molecule has 0 saturated carbocycles. The molecule has 0 aliphatic carbocycles. The topological polar surface area (TPSA) is 70.1 Å². The van der Waals surface area contributed by atoms with Crippen LogP contribution in [0.25, 0.3) is 6.08 Å². The van der Waals surface area contributed by atoms with Gasteiger partial charge in [-0.2, -0.15) is 0 Å². The zero-order chi connectivity index (χ0) is 28.7. The van der Waals surface area contributed by atoms with E-state index in [0.29, 0.717) is 19.3 Å². The Morgan fingerprint density at radius 2 is 1.29 bits per heavy atom. The van der Waals surface area contributed by atoms with Gasteiger partial charge in [0.25, 0.3) is 0 Å². The van der Waals surface area contributed by atoms with Gasteiger partial charge in [0, 0.05) is 41.4 Å². The highest BCUT2D eigenvalue weighted by Gasteiger charge is 2.46. The molecule has 1 aromatic carbocycles. The molecule has 2 aliphatic heterocycles. The molecule has 2 heterocycles. The number of likely N-dealkylation sites (tertiary alicyclic amines) is 2. The van der Waals surface area contributed by atoms with Crippen LogP contribution in [-0.2, 0) is 20.9 Å². The number of Topliss-reactive ketones (excluding diaryl/α,β-unsaturated/α-hetero) is 1. The molecule has 0 atom stereocenters. The highest BCUT2D eigenvalue weighted by Crippen LogP contribution is 2.42. The van der Waals surface area contributed by atoms with Gasteiger partial charge in [-0.3, -0.25) is 14.6 Å². The molecule has 6 heteroatoms. The molecular formula is C32H50N2O4. The number of aliphatic hydroxyl groups is 1. The molecule has 2 fully saturated rings. The maximum Gasteiger partial charge on any atom is 0.342 e. The second-order valence-electron chi connectivity index (χ2n) is 14.2. The van der Waals surface area contributed by atoms with Gasteiger partial charge in [-0.15, -0.1) is 0 Å². The van der Waals surface area contributed by atoms with Crippen molar-refractivity contribution in [3.05, 3.63) is 41.0 Å². The third-order valence-electron chi connectivity index (χ3n) is 9.40. The van der Waals surface area contributed by atoms with E-state index in [9.17, 15) is 14.7 Å². The van der Waals surface area contributed by atoms with E-state index in [1.54, 1.807) is 6.08 Å². The number of hydrogen-bond acceptors (Lipinski definition) is 6. The van der Waals surface area contributed by atoms with Crippen molar-refractivity contribution in [2.75, 3.05) is 14.1 Å². The number of aliphatic hydroxyl groups excluding tert-OH is 1. The molecule has 0 spiro atoms. The predicted molar refractivity (Wildman–Crippen MR) is 154 cm³/mol. The van der Waals surface area contributed by atoms with E-state index in [1.165, 1.54) is 0 Å². The number of esters is 1. The summed E-state index contributed by atoms with van der Waals surface area (Å²) in [4.78, 5) is 32.2. The summed E-state index contributed by atoms with van der Waals surface area (Å²) in [5.74, 6) is -0.513. The number of rotatable bonds is 7. The van der Waals surface area contributed by atoms with Crippen LogP contribution in [0.4, 0.5) is 0 Å². The molecule has 0 aromatic heterocycles. The number of ether oxygens (including phenoxy) is 1. The molecule has 0 amide bonds.